The van der Waals surface area contributed by atoms with E-state index in [0.717, 1.165) is 18.5 Å². The summed E-state index contributed by atoms with van der Waals surface area (Å²) in [7, 11) is 0. The van der Waals surface area contributed by atoms with Gasteiger partial charge in [0, 0.05) is 18.3 Å². The van der Waals surface area contributed by atoms with Crippen LogP contribution in [0.4, 0.5) is 0 Å². The average Bonchev–Trinajstić information content (AvgIpc) is 2.17. The molecule has 0 fully saturated rings. The molecule has 2 N–H and O–H groups in total. The maximum absolute atomic E-state index is 8.68. The summed E-state index contributed by atoms with van der Waals surface area (Å²) >= 11 is 0. The minimum absolute atomic E-state index is 0.661. The summed E-state index contributed by atoms with van der Waals surface area (Å²) in [5, 5.41) is 15.0. The second kappa shape index (κ2) is 2.85. The van der Waals surface area contributed by atoms with Crippen molar-refractivity contribution in [1.82, 2.24) is 5.32 Å². The first-order chi connectivity index (χ1) is 5.92. The number of allylic oxidation sites excluding steroid dienone is 4. The molecule has 0 spiro atoms. The average molecular weight is 162 g/mol. The molecular formula is C9H10N2O. The standard InChI is InChI=1S/C9H10N2O/c12-11-9-3-1-2-7-6-10-5-4-8(7)9/h1,3-4,6,10,12H,2,5H2. The molecule has 0 saturated carbocycles. The summed E-state index contributed by atoms with van der Waals surface area (Å²) in [5.74, 6) is 0. The van der Waals surface area contributed by atoms with Gasteiger partial charge in [0.25, 0.3) is 0 Å². The lowest BCUT2D eigenvalue weighted by atomic mass is 9.92. The van der Waals surface area contributed by atoms with Crippen LogP contribution in [-0.2, 0) is 0 Å². The minimum atomic E-state index is 0.661. The zero-order valence-corrected chi connectivity index (χ0v) is 6.62. The molecular weight excluding hydrogens is 152 g/mol. The Bertz CT molecular complexity index is 310. The van der Waals surface area contributed by atoms with E-state index in [-0.39, 0.29) is 0 Å². The molecule has 2 rings (SSSR count). The summed E-state index contributed by atoms with van der Waals surface area (Å²) in [5.41, 5.74) is 2.91. The Labute approximate surface area is 70.8 Å². The van der Waals surface area contributed by atoms with Crippen molar-refractivity contribution in [3.63, 3.8) is 0 Å². The Morgan fingerprint density at radius 2 is 2.42 bits per heavy atom. The van der Waals surface area contributed by atoms with Crippen molar-refractivity contribution < 1.29 is 5.21 Å². The molecule has 12 heavy (non-hydrogen) atoms. The van der Waals surface area contributed by atoms with Crippen LogP contribution >= 0.6 is 0 Å². The lowest BCUT2D eigenvalue weighted by Gasteiger charge is -2.18. The van der Waals surface area contributed by atoms with Gasteiger partial charge in [-0.3, -0.25) is 0 Å². The lowest BCUT2D eigenvalue weighted by molar-refractivity contribution is 0.319. The Balaban J connectivity index is 2.43. The van der Waals surface area contributed by atoms with Crippen LogP contribution in [-0.4, -0.2) is 17.5 Å². The smallest absolute Gasteiger partial charge is 0.109 e. The Kier molecular flexibility index (Phi) is 1.70. The van der Waals surface area contributed by atoms with Crippen LogP contribution in [0.25, 0.3) is 0 Å². The van der Waals surface area contributed by atoms with Crippen LogP contribution in [0.1, 0.15) is 6.42 Å². The van der Waals surface area contributed by atoms with Crippen LogP contribution in [0, 0.1) is 0 Å². The van der Waals surface area contributed by atoms with Crippen LogP contribution in [0.2, 0.25) is 0 Å². The third kappa shape index (κ3) is 1.03. The van der Waals surface area contributed by atoms with E-state index in [1.54, 1.807) is 0 Å². The molecule has 0 aromatic carbocycles. The predicted molar refractivity (Wildman–Crippen MR) is 47.1 cm³/mol. The van der Waals surface area contributed by atoms with E-state index < -0.39 is 0 Å². The Hall–Kier alpha value is -1.51. The molecule has 62 valence electrons. The molecule has 3 heteroatoms. The van der Waals surface area contributed by atoms with Crippen LogP contribution in [0.3, 0.4) is 0 Å². The molecule has 0 aromatic heterocycles. The van der Waals surface area contributed by atoms with Gasteiger partial charge in [-0.25, -0.2) is 0 Å². The van der Waals surface area contributed by atoms with Gasteiger partial charge in [-0.15, -0.1) is 0 Å². The van der Waals surface area contributed by atoms with Gasteiger partial charge in [0.1, 0.15) is 5.71 Å². The molecule has 1 aliphatic carbocycles. The van der Waals surface area contributed by atoms with E-state index >= 15 is 0 Å². The molecule has 1 heterocycles. The number of rotatable bonds is 0. The zero-order valence-electron chi connectivity index (χ0n) is 6.62. The molecule has 0 amide bonds. The molecule has 0 unspecified atom stereocenters. The molecule has 1 aliphatic heterocycles. The van der Waals surface area contributed by atoms with Gasteiger partial charge in [0.05, 0.1) is 0 Å². The molecule has 0 saturated heterocycles. The van der Waals surface area contributed by atoms with E-state index in [1.165, 1.54) is 5.57 Å². The van der Waals surface area contributed by atoms with Crippen molar-refractivity contribution in [2.75, 3.05) is 6.54 Å². The minimum Gasteiger partial charge on any atom is -0.410 e. The van der Waals surface area contributed by atoms with Crippen molar-refractivity contribution in [2.24, 2.45) is 5.16 Å². The summed E-state index contributed by atoms with van der Waals surface area (Å²) < 4.78 is 0. The summed E-state index contributed by atoms with van der Waals surface area (Å²) in [6.07, 6.45) is 8.76. The van der Waals surface area contributed by atoms with Gasteiger partial charge in [0.2, 0.25) is 0 Å². The maximum Gasteiger partial charge on any atom is 0.109 e. The quantitative estimate of drug-likeness (QED) is 0.415. The highest BCUT2D eigenvalue weighted by molar-refractivity contribution is 6.12. The molecule has 0 aromatic rings. The number of dihydropyridines is 1. The molecule has 3 nitrogen and oxygen atoms in total. The topological polar surface area (TPSA) is 44.6 Å². The molecule has 2 aliphatic rings. The Morgan fingerprint density at radius 1 is 1.50 bits per heavy atom. The lowest BCUT2D eigenvalue weighted by Crippen LogP contribution is -2.18. The molecule has 0 bridgehead atoms. The number of oxime groups is 1. The Morgan fingerprint density at radius 3 is 3.25 bits per heavy atom. The zero-order chi connectivity index (χ0) is 8.39. The fourth-order valence-electron chi connectivity index (χ4n) is 1.46. The first-order valence-corrected chi connectivity index (χ1v) is 3.94. The van der Waals surface area contributed by atoms with E-state index in [1.807, 2.05) is 24.4 Å². The summed E-state index contributed by atoms with van der Waals surface area (Å²) in [4.78, 5) is 0. The molecule has 0 radical (unpaired) electrons. The van der Waals surface area contributed by atoms with Crippen molar-refractivity contribution in [2.45, 2.75) is 6.42 Å². The SMILES string of the molecule is ON=C1C=CCC2=CNCC=C21. The first-order valence-electron chi connectivity index (χ1n) is 3.94. The van der Waals surface area contributed by atoms with Crippen molar-refractivity contribution in [3.8, 4) is 0 Å². The van der Waals surface area contributed by atoms with Crippen molar-refractivity contribution in [3.05, 3.63) is 35.6 Å². The van der Waals surface area contributed by atoms with Gasteiger partial charge >= 0.3 is 0 Å². The van der Waals surface area contributed by atoms with Crippen LogP contribution < -0.4 is 5.32 Å². The first kappa shape index (κ1) is 7.16. The monoisotopic (exact) mass is 162 g/mol. The number of nitrogens with one attached hydrogen (secondary N) is 1. The van der Waals surface area contributed by atoms with E-state index in [0.29, 0.717) is 5.71 Å². The second-order valence-electron chi connectivity index (χ2n) is 2.79. The third-order valence-corrected chi connectivity index (χ3v) is 2.04. The van der Waals surface area contributed by atoms with E-state index in [9.17, 15) is 0 Å². The molecule has 0 atom stereocenters. The fourth-order valence-corrected chi connectivity index (χ4v) is 1.46. The van der Waals surface area contributed by atoms with Gasteiger partial charge in [-0.1, -0.05) is 17.3 Å². The summed E-state index contributed by atoms with van der Waals surface area (Å²) in [6.45, 7) is 0.811. The van der Waals surface area contributed by atoms with Crippen LogP contribution in [0.5, 0.6) is 0 Å². The van der Waals surface area contributed by atoms with E-state index in [4.69, 9.17) is 5.21 Å². The highest BCUT2D eigenvalue weighted by Crippen LogP contribution is 2.22. The number of hydrogen-bond donors (Lipinski definition) is 2. The number of fused-ring (bicyclic) bond motifs is 1. The van der Waals surface area contributed by atoms with Gasteiger partial charge in [0.15, 0.2) is 0 Å². The predicted octanol–water partition coefficient (Wildman–Crippen LogP) is 1.19. The van der Waals surface area contributed by atoms with E-state index in [2.05, 4.69) is 10.5 Å². The normalized spacial score (nSPS) is 24.2. The van der Waals surface area contributed by atoms with Gasteiger partial charge in [-0.2, -0.15) is 0 Å². The number of hydrogen-bond acceptors (Lipinski definition) is 3. The van der Waals surface area contributed by atoms with Gasteiger partial charge in [-0.05, 0) is 18.1 Å². The van der Waals surface area contributed by atoms with Crippen LogP contribution in [0.15, 0.2) is 40.7 Å². The van der Waals surface area contributed by atoms with Crippen molar-refractivity contribution >= 4 is 5.71 Å². The second-order valence-corrected chi connectivity index (χ2v) is 2.79. The largest absolute Gasteiger partial charge is 0.410 e. The van der Waals surface area contributed by atoms with Gasteiger partial charge < -0.3 is 10.5 Å². The number of nitrogens with zero attached hydrogens (tertiary/aromatic N) is 1. The highest BCUT2D eigenvalue weighted by Gasteiger charge is 2.15. The summed E-state index contributed by atoms with van der Waals surface area (Å²) in [6, 6.07) is 0. The maximum atomic E-state index is 8.68. The highest BCUT2D eigenvalue weighted by atomic mass is 16.4. The van der Waals surface area contributed by atoms with Crippen molar-refractivity contribution in [1.29, 1.82) is 0 Å². The third-order valence-electron chi connectivity index (χ3n) is 2.04. The fraction of sp³-hybridized carbons (Fsp3) is 0.222.